The maximum absolute atomic E-state index is 12.7. The van der Waals surface area contributed by atoms with E-state index in [2.05, 4.69) is 4.52 Å². The number of hydrazine groups is 1. The van der Waals surface area contributed by atoms with Gasteiger partial charge in [0.15, 0.2) is 17.0 Å². The summed E-state index contributed by atoms with van der Waals surface area (Å²) >= 11 is 0. The van der Waals surface area contributed by atoms with E-state index in [9.17, 15) is 52.7 Å². The molecule has 3 atom stereocenters. The number of aryl methyl sites for hydroxylation is 2. The monoisotopic (exact) mass is 1330 g/mol. The van der Waals surface area contributed by atoms with E-state index in [1.54, 1.807) is 87.8 Å². The Morgan fingerprint density at radius 3 is 1.13 bits per heavy atom. The van der Waals surface area contributed by atoms with Crippen molar-refractivity contribution in [1.82, 2.24) is 14.8 Å². The summed E-state index contributed by atoms with van der Waals surface area (Å²) in [5.74, 6) is 3.32. The number of carbonyl (C=O) groups is 6. The van der Waals surface area contributed by atoms with Crippen molar-refractivity contribution in [1.29, 1.82) is 0 Å². The molecule has 0 aliphatic carbocycles. The lowest BCUT2D eigenvalue weighted by molar-refractivity contribution is -0.153. The number of hydrogen-bond donors (Lipinski definition) is 5. The molecule has 6 rings (SSSR count). The molecular formula is C64H81N4O21P3. The van der Waals surface area contributed by atoms with Crippen LogP contribution < -0.4 is 19.4 Å². The summed E-state index contributed by atoms with van der Waals surface area (Å²) in [5, 5.41) is 20.4. The lowest BCUT2D eigenvalue weighted by Crippen LogP contribution is -2.60. The number of nitrogens with two attached hydrogens (primary N) is 1. The van der Waals surface area contributed by atoms with Crippen LogP contribution in [0.15, 0.2) is 146 Å². The van der Waals surface area contributed by atoms with E-state index in [1.165, 1.54) is 59.3 Å². The fourth-order valence-corrected chi connectivity index (χ4v) is 10.5. The highest BCUT2D eigenvalue weighted by Crippen LogP contribution is 2.43. The number of amides is 3. The number of aromatic hydroxyl groups is 1. The summed E-state index contributed by atoms with van der Waals surface area (Å²) in [6, 6.07) is 41.4. The third kappa shape index (κ3) is 22.9. The zero-order valence-electron chi connectivity index (χ0n) is 53.6. The zero-order chi connectivity index (χ0) is 69.0. The number of ether oxygens (including phenoxy) is 5. The van der Waals surface area contributed by atoms with Crippen LogP contribution in [0.4, 0.5) is 14.4 Å². The van der Waals surface area contributed by atoms with Gasteiger partial charge in [-0.1, -0.05) is 121 Å². The molecule has 0 aliphatic heterocycles. The number of likely N-dealkylation sites (N-methyl/N-ethyl adjacent to an activating group) is 2. The van der Waals surface area contributed by atoms with Crippen molar-refractivity contribution in [2.75, 3.05) is 55.0 Å². The van der Waals surface area contributed by atoms with Gasteiger partial charge in [-0.2, -0.15) is 0 Å². The second-order valence-corrected chi connectivity index (χ2v) is 29.1. The largest absolute Gasteiger partial charge is 0.524 e. The molecule has 28 heteroatoms. The Kier molecular flexibility index (Phi) is 27.2. The van der Waals surface area contributed by atoms with Gasteiger partial charge in [-0.05, 0) is 103 Å². The first kappa shape index (κ1) is 75.8. The molecule has 0 spiro atoms. The van der Waals surface area contributed by atoms with Gasteiger partial charge in [0.2, 0.25) is 14.7 Å². The number of carboxylic acids is 1. The molecule has 0 bridgehead atoms. The van der Waals surface area contributed by atoms with Crippen molar-refractivity contribution in [2.45, 2.75) is 90.3 Å². The quantitative estimate of drug-likeness (QED) is 0.00938. The van der Waals surface area contributed by atoms with Gasteiger partial charge in [0, 0.05) is 60.0 Å². The number of rotatable bonds is 24. The number of hydrogen-bond acceptors (Lipinski definition) is 19. The fraction of sp³-hybridized carbons (Fsp3) is 0.344. The highest BCUT2D eigenvalue weighted by molar-refractivity contribution is 7.58. The second kappa shape index (κ2) is 33.1. The number of carboxylic acid groups (broad SMARTS) is 1. The van der Waals surface area contributed by atoms with Gasteiger partial charge < -0.3 is 47.5 Å². The Morgan fingerprint density at radius 1 is 0.467 bits per heavy atom. The minimum atomic E-state index is -4.88. The Morgan fingerprint density at radius 2 is 0.793 bits per heavy atom. The third-order valence-electron chi connectivity index (χ3n) is 14.1. The first-order chi connectivity index (χ1) is 42.8. The number of phenolic OH excluding ortho intramolecular Hbond substituents is 1. The van der Waals surface area contributed by atoms with Crippen LogP contribution in [0.5, 0.6) is 23.0 Å². The normalized spacial score (nSPS) is 13.1. The Hall–Kier alpha value is -8.69. The predicted molar refractivity (Wildman–Crippen MR) is 343 cm³/mol. The first-order valence-electron chi connectivity index (χ1n) is 28.1. The molecule has 6 aromatic rings. The van der Waals surface area contributed by atoms with Crippen LogP contribution in [0.25, 0.3) is 0 Å². The number of phenols is 1. The Bertz CT molecular complexity index is 3500. The molecule has 0 saturated heterocycles. The minimum Gasteiger partial charge on any atom is -0.504 e. The SMILES string of the molecule is COC(=O)[C@](C)(Cc1ccc(OP(=O)(O)O)c(O)c1)N(N)C(=O)OCc1ccccc1.COC(=O)[C@](C)(Cc1ccc(OP(C)(C)=O)c(C)c1)N(C)C(=O)OCc1ccccc1.Cc1cc(C[C@@](C)(C(=O)O)N(C)C(=O)OCc2ccccc2)ccc1OP(C)(C)=O. The second-order valence-electron chi connectivity index (χ2n) is 22.5. The van der Waals surface area contributed by atoms with Gasteiger partial charge in [-0.15, -0.1) is 0 Å². The summed E-state index contributed by atoms with van der Waals surface area (Å²) < 4.78 is 75.8. The van der Waals surface area contributed by atoms with E-state index >= 15 is 0 Å². The topological polar surface area (TPSA) is 344 Å². The standard InChI is InChI=1S/C23H30NO6P.C22H28NO6P.C19H23N2O9P/c1-17-14-19(12-13-20(17)30-31(5,6)27)15-23(2,21(25)28-4)24(3)22(26)29-16-18-10-8-7-9-11-18;1-16-13-18(11-12-19(16)29-30(4,5)27)14-22(2,20(24)25)23(3)21(26)28-15-17-9-7-6-8-10-17;1-19(17(23)28-2,21(20)18(24)29-12-13-6-4-3-5-7-13)11-14-8-9-16(15(22)10-14)30-31(25,26)27/h7-14H,15-16H2,1-6H3;6-13H,14-15H2,1-5H3,(H,24,25);3-10,22H,11-12,20H2,1-2H3,(H2,25,26,27)/t23-;22-;19-/m000/s1. The van der Waals surface area contributed by atoms with E-state index in [1.807, 2.05) is 73.7 Å². The molecule has 0 unspecified atom stereocenters. The molecule has 6 N–H and O–H groups in total. The van der Waals surface area contributed by atoms with E-state index in [4.69, 9.17) is 48.4 Å². The van der Waals surface area contributed by atoms with Gasteiger partial charge in [0.25, 0.3) is 0 Å². The predicted octanol–water partition coefficient (Wildman–Crippen LogP) is 11.1. The average molecular weight is 1340 g/mol. The van der Waals surface area contributed by atoms with E-state index in [-0.39, 0.29) is 39.1 Å². The lowest BCUT2D eigenvalue weighted by atomic mass is 9.90. The Labute approximate surface area is 535 Å². The average Bonchev–Trinajstić information content (AvgIpc) is 0.846. The van der Waals surface area contributed by atoms with Gasteiger partial charge >= 0.3 is 44.0 Å². The van der Waals surface area contributed by atoms with Crippen LogP contribution in [-0.4, -0.2) is 143 Å². The molecule has 498 valence electrons. The smallest absolute Gasteiger partial charge is 0.504 e. The number of phosphoric ester groups is 1. The number of aliphatic carboxylic acids is 1. The minimum absolute atomic E-state index is 0.0545. The summed E-state index contributed by atoms with van der Waals surface area (Å²) in [6.45, 7) is 14.3. The highest BCUT2D eigenvalue weighted by Gasteiger charge is 2.45. The molecule has 25 nitrogen and oxygen atoms in total. The summed E-state index contributed by atoms with van der Waals surface area (Å²) in [6.07, 6.45) is -2.28. The van der Waals surface area contributed by atoms with Crippen molar-refractivity contribution >= 4 is 58.7 Å². The molecule has 92 heavy (non-hydrogen) atoms. The van der Waals surface area contributed by atoms with E-state index in [0.717, 1.165) is 57.5 Å². The maximum Gasteiger partial charge on any atom is 0.524 e. The van der Waals surface area contributed by atoms with Crippen molar-refractivity contribution < 1.29 is 99.7 Å². The molecule has 6 aromatic carbocycles. The molecular weight excluding hydrogens is 1250 g/mol. The summed E-state index contributed by atoms with van der Waals surface area (Å²) in [4.78, 5) is 95.0. The fourth-order valence-electron chi connectivity index (χ4n) is 8.78. The lowest BCUT2D eigenvalue weighted by Gasteiger charge is -2.35. The number of methoxy groups -OCH3 is 2. The third-order valence-corrected chi connectivity index (χ3v) is 15.8. The van der Waals surface area contributed by atoms with Gasteiger partial charge in [-0.3, -0.25) is 28.7 Å². The van der Waals surface area contributed by atoms with Crippen molar-refractivity contribution in [3.63, 3.8) is 0 Å². The molecule has 0 fully saturated rings. The van der Waals surface area contributed by atoms with Crippen molar-refractivity contribution in [2.24, 2.45) is 5.84 Å². The molecule has 0 heterocycles. The van der Waals surface area contributed by atoms with E-state index in [0.29, 0.717) is 27.6 Å². The number of phosphoric acid groups is 1. The highest BCUT2D eigenvalue weighted by atomic mass is 31.2. The number of esters is 2. The summed E-state index contributed by atoms with van der Waals surface area (Å²) in [7, 11) is -4.95. The Balaban J connectivity index is 0.000000294. The van der Waals surface area contributed by atoms with Gasteiger partial charge in [0.05, 0.1) is 14.2 Å². The zero-order valence-corrected chi connectivity index (χ0v) is 56.3. The molecule has 3 amide bonds. The molecule has 0 aliphatic rings. The molecule has 0 saturated carbocycles. The number of benzene rings is 6. The number of nitrogens with zero attached hydrogens (tertiary/aromatic N) is 3. The van der Waals surface area contributed by atoms with Crippen LogP contribution in [-0.2, 0) is 90.8 Å². The summed E-state index contributed by atoms with van der Waals surface area (Å²) in [5.41, 5.74) is 1.16. The van der Waals surface area contributed by atoms with Gasteiger partial charge in [0.1, 0.15) is 42.4 Å². The van der Waals surface area contributed by atoms with Crippen molar-refractivity contribution in [3.8, 4) is 23.0 Å². The molecule has 0 radical (unpaired) electrons. The number of carbonyl (C=O) groups excluding carboxylic acids is 5. The van der Waals surface area contributed by atoms with Crippen LogP contribution in [0.3, 0.4) is 0 Å². The van der Waals surface area contributed by atoms with Crippen LogP contribution >= 0.6 is 22.6 Å². The molecule has 0 aromatic heterocycles. The van der Waals surface area contributed by atoms with Crippen molar-refractivity contribution in [3.05, 3.63) is 190 Å². The first-order valence-corrected chi connectivity index (χ1v) is 34.7. The van der Waals surface area contributed by atoms with Gasteiger partial charge in [-0.25, -0.2) is 44.2 Å². The maximum atomic E-state index is 12.7. The van der Waals surface area contributed by atoms with Crippen LogP contribution in [0, 0.1) is 13.8 Å². The van der Waals surface area contributed by atoms with Crippen LogP contribution in [0.2, 0.25) is 0 Å². The van der Waals surface area contributed by atoms with Crippen LogP contribution in [0.1, 0.15) is 65.3 Å². The van der Waals surface area contributed by atoms with E-state index < -0.39 is 86.9 Å².